The number of alkyl carbamates (subject to hydrolysis) is 2. The second-order valence-corrected chi connectivity index (χ2v) is 19.8. The van der Waals surface area contributed by atoms with Gasteiger partial charge in [-0.1, -0.05) is 53.7 Å². The number of benzene rings is 2. The van der Waals surface area contributed by atoms with Gasteiger partial charge in [-0.05, 0) is 105 Å². The highest BCUT2D eigenvalue weighted by molar-refractivity contribution is 7.98. The Morgan fingerprint density at radius 1 is 0.836 bits per heavy atom. The van der Waals surface area contributed by atoms with Crippen LogP contribution in [0.5, 0.6) is 5.75 Å². The minimum Gasteiger partial charge on any atom is -0.490 e. The third-order valence-electron chi connectivity index (χ3n) is 10.0. The third-order valence-corrected chi connectivity index (χ3v) is 12.0. The molecule has 1 aliphatic heterocycles. The number of pyridine rings is 1. The minimum absolute atomic E-state index is 0.00377. The van der Waals surface area contributed by atoms with Crippen molar-refractivity contribution in [1.82, 2.24) is 25.9 Å². The lowest BCUT2D eigenvalue weighted by molar-refractivity contribution is -0.148. The summed E-state index contributed by atoms with van der Waals surface area (Å²) in [4.78, 5) is 62.7. The van der Waals surface area contributed by atoms with Gasteiger partial charge in [-0.2, -0.15) is 10.5 Å². The van der Waals surface area contributed by atoms with Crippen LogP contribution < -0.4 is 25.6 Å². The number of amides is 3. The van der Waals surface area contributed by atoms with Crippen LogP contribution in [-0.2, 0) is 29.6 Å². The van der Waals surface area contributed by atoms with E-state index < -0.39 is 47.3 Å². The van der Waals surface area contributed by atoms with Gasteiger partial charge in [0.25, 0.3) is 0 Å². The van der Waals surface area contributed by atoms with Crippen molar-refractivity contribution in [3.05, 3.63) is 76.3 Å². The summed E-state index contributed by atoms with van der Waals surface area (Å²) >= 11 is 2.99. The number of nitrogens with one attached hydrogen (secondary N) is 3. The van der Waals surface area contributed by atoms with Gasteiger partial charge in [-0.3, -0.25) is 4.79 Å². The maximum atomic E-state index is 13.3. The average molecular weight is 953 g/mol. The zero-order valence-corrected chi connectivity index (χ0v) is 41.1. The molecule has 2 atom stereocenters. The zero-order valence-electron chi connectivity index (χ0n) is 39.4. The Balaban J connectivity index is 1.18. The Hall–Kier alpha value is -6.37. The summed E-state index contributed by atoms with van der Waals surface area (Å²) in [5, 5.41) is 32.4. The van der Waals surface area contributed by atoms with Gasteiger partial charge in [0, 0.05) is 41.9 Å². The molecule has 18 heteroatoms. The van der Waals surface area contributed by atoms with Crippen LogP contribution in [0.25, 0.3) is 21.7 Å². The Labute approximate surface area is 401 Å². The highest BCUT2D eigenvalue weighted by Gasteiger charge is 2.29. The highest BCUT2D eigenvalue weighted by atomic mass is 32.2. The van der Waals surface area contributed by atoms with Crippen LogP contribution in [0.4, 0.5) is 15.4 Å². The number of rotatable bonds is 19. The number of nitrogens with zero attached hydrogens (tertiary/aromatic N) is 5. The summed E-state index contributed by atoms with van der Waals surface area (Å²) in [6.07, 6.45) is 1.77. The van der Waals surface area contributed by atoms with Gasteiger partial charge in [-0.25, -0.2) is 24.4 Å². The van der Waals surface area contributed by atoms with Crippen LogP contribution in [0.15, 0.2) is 58.9 Å². The van der Waals surface area contributed by atoms with Crippen LogP contribution >= 0.6 is 23.1 Å². The number of aromatic nitrogens is 2. The molecule has 16 nitrogen and oxygen atoms in total. The number of carbonyl (C=O) groups excluding carboxylic acids is 4. The number of esters is 1. The average Bonchev–Trinajstić information content (AvgIpc) is 3.99. The summed E-state index contributed by atoms with van der Waals surface area (Å²) in [7, 11) is 0. The van der Waals surface area contributed by atoms with Gasteiger partial charge in [-0.15, -0.1) is 11.3 Å². The predicted molar refractivity (Wildman–Crippen MR) is 258 cm³/mol. The number of hydrogen-bond acceptors (Lipinski definition) is 15. The zero-order chi connectivity index (χ0) is 48.7. The van der Waals surface area contributed by atoms with E-state index in [0.717, 1.165) is 42.2 Å². The summed E-state index contributed by atoms with van der Waals surface area (Å²) in [6.45, 7) is 15.6. The normalized spacial score (nSPS) is 13.4. The van der Waals surface area contributed by atoms with Gasteiger partial charge < -0.3 is 39.8 Å². The van der Waals surface area contributed by atoms with Crippen molar-refractivity contribution in [3.8, 4) is 39.6 Å². The smallest absolute Gasteiger partial charge is 0.408 e. The summed E-state index contributed by atoms with van der Waals surface area (Å²) < 4.78 is 21.9. The first-order chi connectivity index (χ1) is 31.8. The number of unbranched alkanes of at least 4 members (excludes halogenated alkanes) is 1. The summed E-state index contributed by atoms with van der Waals surface area (Å²) in [5.41, 5.74) is 3.43. The lowest BCUT2D eigenvalue weighted by atomic mass is 9.96. The molecular weight excluding hydrogens is 893 g/mol. The van der Waals surface area contributed by atoms with E-state index in [4.69, 9.17) is 28.9 Å². The van der Waals surface area contributed by atoms with E-state index in [0.29, 0.717) is 64.0 Å². The standard InChI is InChI=1S/C49H60N8O8S2/c1-31-14-16-34(17-15-31)43-54-35(29-66-43)30-67-44-38(28-51)40(37(27-50)41(56-44)57-23-11-12-24-57)33-18-20-36(21-19-33)62-25-26-63-45(59)32(2)53-42(58)39(55-47(61)65-49(6,7)8)13-9-10-22-52-46(60)64-48(3,4)5/h14-21,29,32,39H,9-13,22-26,30H2,1-8H3,(H,52,60)(H,53,58)(H,55,61)/t32-,39-/m0/s1. The quantitative estimate of drug-likeness (QED) is 0.0346. The van der Waals surface area contributed by atoms with E-state index in [1.165, 1.54) is 24.2 Å². The summed E-state index contributed by atoms with van der Waals surface area (Å²) in [5.74, 6) is 0.195. The van der Waals surface area contributed by atoms with Crippen molar-refractivity contribution in [1.29, 1.82) is 10.5 Å². The van der Waals surface area contributed by atoms with Crippen molar-refractivity contribution < 1.29 is 38.1 Å². The Bertz CT molecular complexity index is 2430. The van der Waals surface area contributed by atoms with Gasteiger partial charge in [0.1, 0.15) is 75.8 Å². The van der Waals surface area contributed by atoms with E-state index in [9.17, 15) is 29.7 Å². The summed E-state index contributed by atoms with van der Waals surface area (Å²) in [6, 6.07) is 17.8. The minimum atomic E-state index is -1.06. The Morgan fingerprint density at radius 3 is 2.12 bits per heavy atom. The van der Waals surface area contributed by atoms with Crippen molar-refractivity contribution in [2.24, 2.45) is 0 Å². The lowest BCUT2D eigenvalue weighted by Crippen LogP contribution is -2.52. The largest absolute Gasteiger partial charge is 0.490 e. The molecule has 0 saturated carbocycles. The second kappa shape index (κ2) is 23.9. The topological polar surface area (TPSA) is 218 Å². The molecule has 3 heterocycles. The number of hydrogen-bond donors (Lipinski definition) is 3. The number of ether oxygens (including phenoxy) is 4. The van der Waals surface area contributed by atoms with Gasteiger partial charge in [0.05, 0.1) is 11.3 Å². The molecule has 0 bridgehead atoms. The molecule has 67 heavy (non-hydrogen) atoms. The maximum Gasteiger partial charge on any atom is 0.408 e. The number of carbonyl (C=O) groups is 4. The van der Waals surface area contributed by atoms with E-state index in [2.05, 4.69) is 57.3 Å². The fourth-order valence-electron chi connectivity index (χ4n) is 6.87. The number of thioether (sulfide) groups is 1. The van der Waals surface area contributed by atoms with Crippen LogP contribution in [0.2, 0.25) is 0 Å². The van der Waals surface area contributed by atoms with Gasteiger partial charge in [0.15, 0.2) is 0 Å². The fraction of sp³-hybridized carbons (Fsp3) is 0.469. The first kappa shape index (κ1) is 51.6. The number of aryl methyl sites for hydroxylation is 1. The SMILES string of the molecule is Cc1ccc(-c2nc(CSc3nc(N4CCCC4)c(C#N)c(-c4ccc(OCCOC(=O)[C@H](C)NC(=O)[C@H](CCCCNC(=O)OC(C)(C)C)NC(=O)OC(C)(C)C)cc4)c3C#N)cs2)cc1. The molecule has 2 aromatic carbocycles. The molecule has 1 saturated heterocycles. The predicted octanol–water partition coefficient (Wildman–Crippen LogP) is 8.83. The highest BCUT2D eigenvalue weighted by Crippen LogP contribution is 2.40. The molecule has 0 spiro atoms. The molecule has 0 radical (unpaired) electrons. The molecule has 4 aromatic rings. The molecule has 2 aromatic heterocycles. The van der Waals surface area contributed by atoms with Crippen molar-refractivity contribution in [3.63, 3.8) is 0 Å². The Kier molecular flexibility index (Phi) is 18.4. The second-order valence-electron chi connectivity index (χ2n) is 18.0. The molecule has 0 aliphatic carbocycles. The maximum absolute atomic E-state index is 13.3. The molecule has 356 valence electrons. The third kappa shape index (κ3) is 15.9. The van der Waals surface area contributed by atoms with Crippen molar-refractivity contribution in [2.45, 2.75) is 122 Å². The Morgan fingerprint density at radius 2 is 1.48 bits per heavy atom. The monoisotopic (exact) mass is 952 g/mol. The van der Waals surface area contributed by atoms with Crippen LogP contribution in [0.3, 0.4) is 0 Å². The van der Waals surface area contributed by atoms with Crippen LogP contribution in [-0.4, -0.2) is 90.2 Å². The van der Waals surface area contributed by atoms with Crippen molar-refractivity contribution >= 4 is 53.0 Å². The van der Waals surface area contributed by atoms with E-state index in [1.807, 2.05) is 12.3 Å². The van der Waals surface area contributed by atoms with E-state index in [1.54, 1.807) is 77.1 Å². The molecular formula is C49H60N8O8S2. The fourth-order valence-corrected chi connectivity index (χ4v) is 8.68. The molecule has 3 amide bonds. The molecule has 5 rings (SSSR count). The lowest BCUT2D eigenvalue weighted by Gasteiger charge is -2.24. The van der Waals surface area contributed by atoms with Gasteiger partial charge in [0.2, 0.25) is 5.91 Å². The first-order valence-corrected chi connectivity index (χ1v) is 24.1. The van der Waals surface area contributed by atoms with Crippen LogP contribution in [0.1, 0.15) is 103 Å². The van der Waals surface area contributed by atoms with E-state index >= 15 is 0 Å². The molecule has 1 aliphatic rings. The van der Waals surface area contributed by atoms with Crippen LogP contribution in [0, 0.1) is 29.6 Å². The molecule has 3 N–H and O–H groups in total. The first-order valence-electron chi connectivity index (χ1n) is 22.3. The van der Waals surface area contributed by atoms with Gasteiger partial charge >= 0.3 is 18.2 Å². The number of thiazole rings is 1. The molecule has 1 fully saturated rings. The number of nitriles is 2. The number of anilines is 1. The molecule has 0 unspecified atom stereocenters. The van der Waals surface area contributed by atoms with Crippen molar-refractivity contribution in [2.75, 3.05) is 37.7 Å². The van der Waals surface area contributed by atoms with E-state index in [-0.39, 0.29) is 19.6 Å².